The number of carbonyl (C=O) groups excluding carboxylic acids is 1. The second-order valence-electron chi connectivity index (χ2n) is 5.65. The van der Waals surface area contributed by atoms with E-state index in [9.17, 15) is 9.90 Å². The predicted octanol–water partition coefficient (Wildman–Crippen LogP) is 3.51. The third-order valence-electron chi connectivity index (χ3n) is 3.80. The van der Waals surface area contributed by atoms with Gasteiger partial charge >= 0.3 is 5.91 Å². The third-order valence-corrected chi connectivity index (χ3v) is 4.29. The minimum absolute atomic E-state index is 0.164. The lowest BCUT2D eigenvalue weighted by atomic mass is 10.2. The van der Waals surface area contributed by atoms with Gasteiger partial charge in [-0.15, -0.1) is 20.4 Å². The molecule has 0 saturated carbocycles. The van der Waals surface area contributed by atoms with Crippen LogP contribution >= 0.6 is 15.9 Å². The van der Waals surface area contributed by atoms with Crippen LogP contribution in [0.1, 0.15) is 0 Å². The van der Waals surface area contributed by atoms with Crippen LogP contribution in [0.15, 0.2) is 57.2 Å². The average Bonchev–Trinajstić information content (AvgIpc) is 3.33. The monoisotopic (exact) mass is 441 g/mol. The van der Waals surface area contributed by atoms with Crippen molar-refractivity contribution in [2.24, 2.45) is 10.2 Å². The van der Waals surface area contributed by atoms with E-state index in [0.717, 1.165) is 10.0 Å². The van der Waals surface area contributed by atoms with Crippen LogP contribution in [-0.4, -0.2) is 43.2 Å². The summed E-state index contributed by atoms with van der Waals surface area (Å²) in [4.78, 5) is 14.7. The van der Waals surface area contributed by atoms with Gasteiger partial charge in [-0.1, -0.05) is 15.9 Å². The number of tetrazole rings is 1. The lowest BCUT2D eigenvalue weighted by molar-refractivity contribution is -0.120. The standard InChI is InChI=1S/C17H12BrN7O3/c18-10-3-6-13-12(7-10)15(17(27)19-13)21-20-14(26)8-28-11-4-1-9(2-5-11)16-22-24-25-23-16/h1-7,19,27H,8H2,(H,22,23,24,25). The molecule has 4 aromatic rings. The van der Waals surface area contributed by atoms with Crippen LogP contribution in [0.5, 0.6) is 11.6 Å². The zero-order chi connectivity index (χ0) is 19.5. The molecule has 0 aliphatic heterocycles. The van der Waals surface area contributed by atoms with E-state index in [-0.39, 0.29) is 18.2 Å². The van der Waals surface area contributed by atoms with Gasteiger partial charge in [0, 0.05) is 15.4 Å². The molecule has 0 aliphatic rings. The van der Waals surface area contributed by atoms with Crippen molar-refractivity contribution in [1.82, 2.24) is 25.6 Å². The molecule has 0 atom stereocenters. The minimum Gasteiger partial charge on any atom is -0.493 e. The number of aromatic hydroxyl groups is 1. The van der Waals surface area contributed by atoms with Crippen molar-refractivity contribution in [2.45, 2.75) is 0 Å². The molecule has 2 aromatic carbocycles. The number of aromatic amines is 2. The number of nitrogens with one attached hydrogen (secondary N) is 2. The molecule has 1 amide bonds. The fourth-order valence-corrected chi connectivity index (χ4v) is 2.86. The Morgan fingerprint density at radius 1 is 1.21 bits per heavy atom. The minimum atomic E-state index is -0.592. The van der Waals surface area contributed by atoms with Crippen LogP contribution < -0.4 is 4.74 Å². The van der Waals surface area contributed by atoms with Gasteiger partial charge in [-0.05, 0) is 47.7 Å². The molecule has 0 aliphatic carbocycles. The number of amides is 1. The number of nitrogens with zero attached hydrogens (tertiary/aromatic N) is 5. The van der Waals surface area contributed by atoms with E-state index >= 15 is 0 Å². The van der Waals surface area contributed by atoms with Crippen molar-refractivity contribution in [1.29, 1.82) is 0 Å². The Bertz CT molecular complexity index is 1150. The topological polar surface area (TPSA) is 142 Å². The number of halogens is 1. The highest BCUT2D eigenvalue weighted by Crippen LogP contribution is 2.36. The first kappa shape index (κ1) is 17.8. The summed E-state index contributed by atoms with van der Waals surface area (Å²) in [7, 11) is 0. The molecule has 4 rings (SSSR count). The maximum atomic E-state index is 12.0. The highest BCUT2D eigenvalue weighted by atomic mass is 79.9. The van der Waals surface area contributed by atoms with Crippen LogP contribution in [0.25, 0.3) is 22.3 Å². The fraction of sp³-hybridized carbons (Fsp3) is 0.0588. The molecule has 0 radical (unpaired) electrons. The Labute approximate surface area is 165 Å². The number of hydrogen-bond donors (Lipinski definition) is 3. The first-order chi connectivity index (χ1) is 13.6. The average molecular weight is 442 g/mol. The van der Waals surface area contributed by atoms with Gasteiger partial charge in [0.25, 0.3) is 0 Å². The summed E-state index contributed by atoms with van der Waals surface area (Å²) in [6, 6.07) is 12.2. The first-order valence-electron chi connectivity index (χ1n) is 8.01. The molecule has 10 nitrogen and oxygen atoms in total. The van der Waals surface area contributed by atoms with E-state index < -0.39 is 5.91 Å². The number of hydrogen-bond acceptors (Lipinski definition) is 7. The van der Waals surface area contributed by atoms with Gasteiger partial charge in [0.05, 0.1) is 5.52 Å². The number of benzene rings is 2. The molecule has 0 fully saturated rings. The number of azo groups is 1. The van der Waals surface area contributed by atoms with E-state index in [2.05, 4.69) is 51.8 Å². The van der Waals surface area contributed by atoms with E-state index in [0.29, 0.717) is 22.5 Å². The molecule has 28 heavy (non-hydrogen) atoms. The smallest absolute Gasteiger partial charge is 0.302 e. The SMILES string of the molecule is O=C(COc1ccc(-c2nn[nH]n2)cc1)N=Nc1c(O)[nH]c2ccc(Br)cc12. The van der Waals surface area contributed by atoms with Gasteiger partial charge in [0.15, 0.2) is 12.3 Å². The lowest BCUT2D eigenvalue weighted by Crippen LogP contribution is -2.07. The molecule has 2 heterocycles. The zero-order valence-electron chi connectivity index (χ0n) is 14.1. The van der Waals surface area contributed by atoms with Gasteiger partial charge in [0.1, 0.15) is 5.75 Å². The summed E-state index contributed by atoms with van der Waals surface area (Å²) < 4.78 is 6.22. The van der Waals surface area contributed by atoms with Gasteiger partial charge < -0.3 is 14.8 Å². The molecule has 2 aromatic heterocycles. The van der Waals surface area contributed by atoms with Crippen LogP contribution in [0.2, 0.25) is 0 Å². The molecular weight excluding hydrogens is 430 g/mol. The molecule has 11 heteroatoms. The number of ether oxygens (including phenoxy) is 1. The maximum absolute atomic E-state index is 12.0. The molecule has 0 bridgehead atoms. The highest BCUT2D eigenvalue weighted by Gasteiger charge is 2.12. The summed E-state index contributed by atoms with van der Waals surface area (Å²) in [5.41, 5.74) is 1.63. The highest BCUT2D eigenvalue weighted by molar-refractivity contribution is 9.10. The van der Waals surface area contributed by atoms with Gasteiger partial charge in [-0.2, -0.15) is 5.21 Å². The Kier molecular flexibility index (Phi) is 4.81. The number of aromatic nitrogens is 5. The molecule has 0 spiro atoms. The van der Waals surface area contributed by atoms with Crippen molar-refractivity contribution in [3.63, 3.8) is 0 Å². The summed E-state index contributed by atoms with van der Waals surface area (Å²) in [5, 5.41) is 31.7. The normalized spacial score (nSPS) is 11.3. The van der Waals surface area contributed by atoms with E-state index in [1.165, 1.54) is 0 Å². The quantitative estimate of drug-likeness (QED) is 0.404. The van der Waals surface area contributed by atoms with Crippen molar-refractivity contribution in [2.75, 3.05) is 6.61 Å². The Morgan fingerprint density at radius 3 is 2.79 bits per heavy atom. The molecule has 0 saturated heterocycles. The van der Waals surface area contributed by atoms with Crippen molar-refractivity contribution >= 4 is 38.4 Å². The Morgan fingerprint density at radius 2 is 2.04 bits per heavy atom. The Balaban J connectivity index is 1.41. The van der Waals surface area contributed by atoms with Crippen LogP contribution in [0.3, 0.4) is 0 Å². The van der Waals surface area contributed by atoms with Crippen molar-refractivity contribution in [3.05, 3.63) is 46.9 Å². The van der Waals surface area contributed by atoms with E-state index in [4.69, 9.17) is 4.74 Å². The van der Waals surface area contributed by atoms with Gasteiger partial charge in [0.2, 0.25) is 11.7 Å². The van der Waals surface area contributed by atoms with E-state index in [1.807, 2.05) is 6.07 Å². The van der Waals surface area contributed by atoms with Crippen LogP contribution in [0.4, 0.5) is 5.69 Å². The summed E-state index contributed by atoms with van der Waals surface area (Å²) in [5.74, 6) is 0.185. The number of fused-ring (bicyclic) bond motifs is 1. The molecule has 140 valence electrons. The summed E-state index contributed by atoms with van der Waals surface area (Å²) >= 11 is 3.36. The predicted molar refractivity (Wildman–Crippen MR) is 102 cm³/mol. The van der Waals surface area contributed by atoms with Gasteiger partial charge in [-0.25, -0.2) is 0 Å². The molecule has 3 N–H and O–H groups in total. The number of carbonyl (C=O) groups is 1. The van der Waals surface area contributed by atoms with Gasteiger partial charge in [-0.3, -0.25) is 4.79 Å². The fourth-order valence-electron chi connectivity index (χ4n) is 2.50. The largest absolute Gasteiger partial charge is 0.493 e. The van der Waals surface area contributed by atoms with E-state index in [1.54, 1.807) is 36.4 Å². The summed E-state index contributed by atoms with van der Waals surface area (Å²) in [6.45, 7) is -0.294. The Hall–Kier alpha value is -3.60. The number of H-pyrrole nitrogens is 2. The first-order valence-corrected chi connectivity index (χ1v) is 8.81. The van der Waals surface area contributed by atoms with Crippen LogP contribution in [-0.2, 0) is 4.79 Å². The maximum Gasteiger partial charge on any atom is 0.302 e. The van der Waals surface area contributed by atoms with Crippen molar-refractivity contribution < 1.29 is 14.6 Å². The zero-order valence-corrected chi connectivity index (χ0v) is 15.7. The molecule has 0 unspecified atom stereocenters. The summed E-state index contributed by atoms with van der Waals surface area (Å²) in [6.07, 6.45) is 0. The third kappa shape index (κ3) is 3.74. The molecular formula is C17H12BrN7O3. The second kappa shape index (κ2) is 7.56. The second-order valence-corrected chi connectivity index (χ2v) is 6.57. The lowest BCUT2D eigenvalue weighted by Gasteiger charge is -2.03. The van der Waals surface area contributed by atoms with Crippen LogP contribution in [0, 0.1) is 0 Å². The number of rotatable bonds is 5. The van der Waals surface area contributed by atoms with Crippen molar-refractivity contribution in [3.8, 4) is 23.0 Å².